The molecule has 0 bridgehead atoms. The lowest BCUT2D eigenvalue weighted by molar-refractivity contribution is -0.128. The van der Waals surface area contributed by atoms with E-state index in [9.17, 15) is 4.79 Å². The minimum atomic E-state index is 0.480. The Kier molecular flexibility index (Phi) is 11.6. The van der Waals surface area contributed by atoms with Crippen molar-refractivity contribution in [3.63, 3.8) is 0 Å². The van der Waals surface area contributed by atoms with Crippen molar-refractivity contribution in [2.45, 2.75) is 112 Å². The molecule has 1 heteroatoms. The van der Waals surface area contributed by atoms with E-state index in [1.807, 2.05) is 13.8 Å². The van der Waals surface area contributed by atoms with Crippen LogP contribution in [0.3, 0.4) is 0 Å². The summed E-state index contributed by atoms with van der Waals surface area (Å²) in [7, 11) is 0. The van der Waals surface area contributed by atoms with E-state index in [4.69, 9.17) is 0 Å². The highest BCUT2D eigenvalue weighted by molar-refractivity contribution is 5.84. The van der Waals surface area contributed by atoms with Crippen molar-refractivity contribution in [3.05, 3.63) is 12.2 Å². The Morgan fingerprint density at radius 2 is 1.48 bits per heavy atom. The van der Waals surface area contributed by atoms with Crippen molar-refractivity contribution in [2.24, 2.45) is 35.5 Å². The highest BCUT2D eigenvalue weighted by Crippen LogP contribution is 2.44. The van der Waals surface area contributed by atoms with Gasteiger partial charge in [0, 0.05) is 12.8 Å². The van der Waals surface area contributed by atoms with Crippen LogP contribution < -0.4 is 0 Å². The molecule has 3 aliphatic carbocycles. The van der Waals surface area contributed by atoms with Crippen LogP contribution in [0.25, 0.3) is 0 Å². The van der Waals surface area contributed by atoms with Crippen molar-refractivity contribution in [3.8, 4) is 0 Å². The summed E-state index contributed by atoms with van der Waals surface area (Å²) in [6.07, 6.45) is 14.3. The number of ketones is 1. The van der Waals surface area contributed by atoms with Crippen LogP contribution in [0.5, 0.6) is 0 Å². The number of rotatable bonds is 6. The summed E-state index contributed by atoms with van der Waals surface area (Å²) in [4.78, 5) is 10.9. The van der Waals surface area contributed by atoms with E-state index >= 15 is 0 Å². The highest BCUT2D eigenvalue weighted by atomic mass is 16.1. The Bertz CT molecular complexity index is 411. The van der Waals surface area contributed by atoms with Gasteiger partial charge in [-0.3, -0.25) is 4.79 Å². The zero-order valence-electron chi connectivity index (χ0n) is 19.4. The molecular formula is C26H48O. The van der Waals surface area contributed by atoms with Crippen LogP contribution in [-0.2, 0) is 4.79 Å². The zero-order valence-corrected chi connectivity index (χ0v) is 19.4. The highest BCUT2D eigenvalue weighted by Gasteiger charge is 2.32. The Morgan fingerprint density at radius 3 is 1.89 bits per heavy atom. The van der Waals surface area contributed by atoms with E-state index in [2.05, 4.69) is 34.3 Å². The molecule has 0 saturated heterocycles. The van der Waals surface area contributed by atoms with E-state index in [1.54, 1.807) is 0 Å². The second kappa shape index (κ2) is 12.8. The van der Waals surface area contributed by atoms with Gasteiger partial charge < -0.3 is 0 Å². The summed E-state index contributed by atoms with van der Waals surface area (Å²) in [6.45, 7) is 17.2. The molecule has 3 saturated carbocycles. The number of Topliss-reactive ketones (excluding diaryl/α,β-unsaturated/α-hetero) is 1. The second-order valence-electron chi connectivity index (χ2n) is 9.78. The minimum Gasteiger partial charge on any atom is -0.300 e. The van der Waals surface area contributed by atoms with Gasteiger partial charge in [0.2, 0.25) is 0 Å². The average Bonchev–Trinajstić information content (AvgIpc) is 2.61. The van der Waals surface area contributed by atoms with Crippen molar-refractivity contribution in [1.82, 2.24) is 0 Å². The molecule has 0 spiro atoms. The summed E-state index contributed by atoms with van der Waals surface area (Å²) in [5.41, 5.74) is 1.50. The van der Waals surface area contributed by atoms with Gasteiger partial charge in [0.25, 0.3) is 0 Å². The first kappa shape index (κ1) is 24.4. The molecule has 0 amide bonds. The van der Waals surface area contributed by atoms with Gasteiger partial charge in [-0.25, -0.2) is 0 Å². The first-order valence-electron chi connectivity index (χ1n) is 12.1. The Hall–Kier alpha value is -0.590. The molecule has 27 heavy (non-hydrogen) atoms. The normalized spacial score (nSPS) is 26.9. The predicted molar refractivity (Wildman–Crippen MR) is 120 cm³/mol. The molecule has 1 unspecified atom stereocenters. The second-order valence-corrected chi connectivity index (χ2v) is 9.78. The van der Waals surface area contributed by atoms with Crippen LogP contribution in [-0.4, -0.2) is 5.78 Å². The summed E-state index contributed by atoms with van der Waals surface area (Å²) < 4.78 is 0. The van der Waals surface area contributed by atoms with E-state index < -0.39 is 0 Å². The Balaban J connectivity index is 0.000000248. The van der Waals surface area contributed by atoms with Gasteiger partial charge in [0.1, 0.15) is 5.78 Å². The van der Waals surface area contributed by atoms with Crippen LogP contribution in [0.15, 0.2) is 12.2 Å². The molecule has 158 valence electrons. The fourth-order valence-electron chi connectivity index (χ4n) is 4.95. The third-order valence-corrected chi connectivity index (χ3v) is 7.11. The lowest BCUT2D eigenvalue weighted by atomic mass is 9.67. The van der Waals surface area contributed by atoms with Crippen LogP contribution in [0, 0.1) is 35.5 Å². The largest absolute Gasteiger partial charge is 0.300 e. The first-order chi connectivity index (χ1) is 12.9. The van der Waals surface area contributed by atoms with Crippen molar-refractivity contribution < 1.29 is 4.79 Å². The predicted octanol–water partition coefficient (Wildman–Crippen LogP) is 8.23. The van der Waals surface area contributed by atoms with Crippen LogP contribution in [0.1, 0.15) is 112 Å². The van der Waals surface area contributed by atoms with Gasteiger partial charge in [-0.2, -0.15) is 0 Å². The third-order valence-electron chi connectivity index (χ3n) is 7.11. The van der Waals surface area contributed by atoms with Gasteiger partial charge in [-0.15, -0.1) is 0 Å². The quantitative estimate of drug-likeness (QED) is 0.426. The molecule has 0 radical (unpaired) electrons. The van der Waals surface area contributed by atoms with Gasteiger partial charge in [0.15, 0.2) is 0 Å². The smallest absolute Gasteiger partial charge is 0.133 e. The number of carbonyl (C=O) groups is 1. The maximum Gasteiger partial charge on any atom is 0.133 e. The lowest BCUT2D eigenvalue weighted by Crippen LogP contribution is -2.30. The zero-order chi connectivity index (χ0) is 20.4. The van der Waals surface area contributed by atoms with Gasteiger partial charge in [-0.1, -0.05) is 79.4 Å². The number of allylic oxidation sites excluding steroid dienone is 1. The van der Waals surface area contributed by atoms with Crippen molar-refractivity contribution in [1.29, 1.82) is 0 Å². The number of carbonyl (C=O) groups excluding carboxylic acids is 1. The Morgan fingerprint density at radius 1 is 0.926 bits per heavy atom. The summed E-state index contributed by atoms with van der Waals surface area (Å²) in [5.74, 6) is 5.94. The van der Waals surface area contributed by atoms with Crippen LogP contribution in [0.2, 0.25) is 0 Å². The molecule has 0 heterocycles. The number of hydrogen-bond donors (Lipinski definition) is 0. The average molecular weight is 377 g/mol. The van der Waals surface area contributed by atoms with Gasteiger partial charge >= 0.3 is 0 Å². The molecule has 0 aromatic carbocycles. The maximum absolute atomic E-state index is 10.9. The molecule has 3 rings (SSSR count). The standard InChI is InChI=1S/C12H22O.C12H20.C2H6/c1-4-10(6-5-9(2)3)11-7-12(13)8-11;1-9-3-5-11(6-4-9)12-7-10(2)8-12;1-2/h9-11H,4-8H2,1-3H3;9,11-12H,2-8H2,1H3;1-2H3. The molecule has 0 aromatic heterocycles. The topological polar surface area (TPSA) is 17.1 Å². The molecular weight excluding hydrogens is 328 g/mol. The number of hydrogen-bond acceptors (Lipinski definition) is 1. The Labute approximate surface area is 170 Å². The molecule has 3 aliphatic rings. The van der Waals surface area contributed by atoms with Gasteiger partial charge in [-0.05, 0) is 67.6 Å². The molecule has 0 aromatic rings. The first-order valence-corrected chi connectivity index (χ1v) is 12.1. The van der Waals surface area contributed by atoms with E-state index in [-0.39, 0.29) is 0 Å². The van der Waals surface area contributed by atoms with Gasteiger partial charge in [0.05, 0.1) is 0 Å². The van der Waals surface area contributed by atoms with E-state index in [0.717, 1.165) is 48.3 Å². The van der Waals surface area contributed by atoms with E-state index in [1.165, 1.54) is 63.4 Å². The molecule has 0 aliphatic heterocycles. The lowest BCUT2D eigenvalue weighted by Gasteiger charge is -2.39. The van der Waals surface area contributed by atoms with Crippen molar-refractivity contribution >= 4 is 5.78 Å². The third kappa shape index (κ3) is 8.53. The molecule has 1 nitrogen and oxygen atoms in total. The molecule has 0 N–H and O–H groups in total. The summed E-state index contributed by atoms with van der Waals surface area (Å²) in [6, 6.07) is 0. The molecule has 1 atom stereocenters. The molecule has 3 fully saturated rings. The fraction of sp³-hybridized carbons (Fsp3) is 0.885. The SMILES string of the molecule is C=C1CC(C2CCC(C)CC2)C1.CC.CCC(CCC(C)C)C1CC(=O)C1. The minimum absolute atomic E-state index is 0.480. The van der Waals surface area contributed by atoms with Crippen LogP contribution >= 0.6 is 0 Å². The van der Waals surface area contributed by atoms with Crippen molar-refractivity contribution in [2.75, 3.05) is 0 Å². The van der Waals surface area contributed by atoms with Crippen LogP contribution in [0.4, 0.5) is 0 Å². The monoisotopic (exact) mass is 376 g/mol. The fourth-order valence-corrected chi connectivity index (χ4v) is 4.95. The van der Waals surface area contributed by atoms with E-state index in [0.29, 0.717) is 5.78 Å². The summed E-state index contributed by atoms with van der Waals surface area (Å²) in [5, 5.41) is 0. The maximum atomic E-state index is 10.9. The summed E-state index contributed by atoms with van der Waals surface area (Å²) >= 11 is 0.